The molecule has 1 aliphatic rings. The maximum absolute atomic E-state index is 10.3. The van der Waals surface area contributed by atoms with Crippen molar-refractivity contribution in [3.63, 3.8) is 0 Å². The van der Waals surface area contributed by atoms with Gasteiger partial charge in [0.05, 0.1) is 19.5 Å². The molecule has 0 bridgehead atoms. The van der Waals surface area contributed by atoms with E-state index in [-0.39, 0.29) is 11.8 Å². The second kappa shape index (κ2) is 7.78. The van der Waals surface area contributed by atoms with Crippen LogP contribution in [0, 0.1) is 0 Å². The number of anilines is 1. The molecule has 0 amide bonds. The number of imidazole rings is 1. The fourth-order valence-electron chi connectivity index (χ4n) is 3.87. The van der Waals surface area contributed by atoms with Gasteiger partial charge < -0.3 is 35.5 Å². The molecule has 11 nitrogen and oxygen atoms in total. The first kappa shape index (κ1) is 19.7. The largest absolute Gasteiger partial charge is 0.463 e. The fraction of sp³-hybridized carbons (Fsp3) is 0.350. The van der Waals surface area contributed by atoms with Gasteiger partial charge in [-0.3, -0.25) is 4.57 Å². The van der Waals surface area contributed by atoms with E-state index in [1.807, 2.05) is 30.5 Å². The Balaban J connectivity index is 1.37. The number of fused-ring (bicyclic) bond motifs is 2. The molecule has 3 aromatic heterocycles. The summed E-state index contributed by atoms with van der Waals surface area (Å²) in [6.07, 6.45) is -0.418. The summed E-state index contributed by atoms with van der Waals surface area (Å²) >= 11 is 0. The lowest BCUT2D eigenvalue weighted by atomic mass is 10.1. The maximum atomic E-state index is 10.3. The Morgan fingerprint density at radius 2 is 2.03 bits per heavy atom. The van der Waals surface area contributed by atoms with Gasteiger partial charge >= 0.3 is 6.01 Å². The standard InChI is InChI=1S/C20H22N6O5/c21-17-14-18(26(9-23-14)19-16(29)15(28)13(8-27)31-19)25-20(24-17)30-6-5-10-7-22-12-4-2-1-3-11(10)12/h1-4,7,9,13,15-16,19,22,27-29H,5-6,8H2,(H2,21,24,25)/t13-,15-,16-,19-/m1/s1. The van der Waals surface area contributed by atoms with Gasteiger partial charge in [-0.2, -0.15) is 9.97 Å². The van der Waals surface area contributed by atoms with Gasteiger partial charge in [-0.15, -0.1) is 0 Å². The molecular formula is C20H22N6O5. The number of nitrogens with one attached hydrogen (secondary N) is 1. The monoisotopic (exact) mass is 426 g/mol. The number of aliphatic hydroxyl groups is 3. The van der Waals surface area contributed by atoms with Crippen LogP contribution in [0.5, 0.6) is 6.01 Å². The van der Waals surface area contributed by atoms with E-state index in [0.29, 0.717) is 24.2 Å². The molecule has 0 unspecified atom stereocenters. The van der Waals surface area contributed by atoms with Gasteiger partial charge in [0.15, 0.2) is 23.2 Å². The molecule has 0 saturated carbocycles. The number of nitrogens with zero attached hydrogens (tertiary/aromatic N) is 4. The number of para-hydroxylation sites is 1. The highest BCUT2D eigenvalue weighted by atomic mass is 16.6. The van der Waals surface area contributed by atoms with E-state index >= 15 is 0 Å². The van der Waals surface area contributed by atoms with Gasteiger partial charge in [-0.1, -0.05) is 18.2 Å². The summed E-state index contributed by atoms with van der Waals surface area (Å²) in [4.78, 5) is 15.9. The molecule has 1 aliphatic heterocycles. The zero-order chi connectivity index (χ0) is 21.5. The van der Waals surface area contributed by atoms with Gasteiger partial charge in [0, 0.05) is 23.5 Å². The van der Waals surface area contributed by atoms with Crippen LogP contribution in [0.3, 0.4) is 0 Å². The highest BCUT2D eigenvalue weighted by Gasteiger charge is 2.44. The molecular weight excluding hydrogens is 404 g/mol. The predicted octanol–water partition coefficient (Wildman–Crippen LogP) is 0.123. The van der Waals surface area contributed by atoms with Crippen molar-refractivity contribution in [3.8, 4) is 6.01 Å². The smallest absolute Gasteiger partial charge is 0.320 e. The van der Waals surface area contributed by atoms with Crippen LogP contribution in [0.15, 0.2) is 36.8 Å². The van der Waals surface area contributed by atoms with Crippen LogP contribution in [0.4, 0.5) is 5.82 Å². The van der Waals surface area contributed by atoms with Gasteiger partial charge in [0.2, 0.25) is 0 Å². The van der Waals surface area contributed by atoms with Gasteiger partial charge in [0.25, 0.3) is 0 Å². The Labute approximate surface area is 176 Å². The van der Waals surface area contributed by atoms with Crippen LogP contribution in [0.25, 0.3) is 22.1 Å². The first-order valence-electron chi connectivity index (χ1n) is 9.87. The summed E-state index contributed by atoms with van der Waals surface area (Å²) in [6, 6.07) is 8.08. The minimum absolute atomic E-state index is 0.0679. The molecule has 1 fully saturated rings. The lowest BCUT2D eigenvalue weighted by Gasteiger charge is -2.16. The average molecular weight is 426 g/mol. The first-order chi connectivity index (χ1) is 15.1. The SMILES string of the molecule is Nc1nc(OCCc2c[nH]c3ccccc23)nc2c1ncn2[C@@H]1O[C@H](CO)[C@@H](O)[C@H]1O. The fourth-order valence-corrected chi connectivity index (χ4v) is 3.87. The van der Waals surface area contributed by atoms with Crippen molar-refractivity contribution in [1.29, 1.82) is 0 Å². The number of nitrogens with two attached hydrogens (primary N) is 1. The van der Waals surface area contributed by atoms with E-state index in [1.54, 1.807) is 0 Å². The lowest BCUT2D eigenvalue weighted by Crippen LogP contribution is -2.33. The summed E-state index contributed by atoms with van der Waals surface area (Å²) in [5, 5.41) is 30.8. The number of aromatic nitrogens is 5. The summed E-state index contributed by atoms with van der Waals surface area (Å²) in [5.74, 6) is 0.123. The first-order valence-corrected chi connectivity index (χ1v) is 9.87. The van der Waals surface area contributed by atoms with Crippen molar-refractivity contribution in [2.75, 3.05) is 18.9 Å². The number of ether oxygens (including phenoxy) is 2. The van der Waals surface area contributed by atoms with E-state index in [0.717, 1.165) is 16.5 Å². The third-order valence-corrected chi connectivity index (χ3v) is 5.50. The van der Waals surface area contributed by atoms with Crippen LogP contribution < -0.4 is 10.5 Å². The molecule has 5 rings (SSSR count). The topological polar surface area (TPSA) is 165 Å². The average Bonchev–Trinajstić information content (AvgIpc) is 3.45. The maximum Gasteiger partial charge on any atom is 0.320 e. The van der Waals surface area contributed by atoms with Crippen LogP contribution >= 0.6 is 0 Å². The van der Waals surface area contributed by atoms with Crippen molar-refractivity contribution in [1.82, 2.24) is 24.5 Å². The molecule has 0 radical (unpaired) electrons. The predicted molar refractivity (Wildman–Crippen MR) is 110 cm³/mol. The van der Waals surface area contributed by atoms with Crippen molar-refractivity contribution < 1.29 is 24.8 Å². The minimum atomic E-state index is -1.27. The second-order valence-electron chi connectivity index (χ2n) is 7.40. The molecule has 1 aromatic carbocycles. The molecule has 4 heterocycles. The van der Waals surface area contributed by atoms with E-state index in [2.05, 4.69) is 19.9 Å². The van der Waals surface area contributed by atoms with Crippen molar-refractivity contribution in [2.24, 2.45) is 0 Å². The normalized spacial score (nSPS) is 23.7. The molecule has 4 aromatic rings. The zero-order valence-corrected chi connectivity index (χ0v) is 16.4. The van der Waals surface area contributed by atoms with Gasteiger partial charge in [-0.25, -0.2) is 4.98 Å². The molecule has 0 spiro atoms. The highest BCUT2D eigenvalue weighted by Crippen LogP contribution is 2.32. The molecule has 31 heavy (non-hydrogen) atoms. The molecule has 0 aliphatic carbocycles. The summed E-state index contributed by atoms with van der Waals surface area (Å²) < 4.78 is 12.8. The Hall–Kier alpha value is -3.25. The number of aromatic amines is 1. The molecule has 1 saturated heterocycles. The summed E-state index contributed by atoms with van der Waals surface area (Å²) in [7, 11) is 0. The van der Waals surface area contributed by atoms with Crippen LogP contribution in [0.1, 0.15) is 11.8 Å². The second-order valence-corrected chi connectivity index (χ2v) is 7.40. The highest BCUT2D eigenvalue weighted by molar-refractivity contribution is 5.83. The van der Waals surface area contributed by atoms with Gasteiger partial charge in [-0.05, 0) is 11.6 Å². The van der Waals surface area contributed by atoms with Gasteiger partial charge in [0.1, 0.15) is 18.3 Å². The van der Waals surface area contributed by atoms with Crippen LogP contribution in [-0.4, -0.2) is 71.3 Å². The van der Waals surface area contributed by atoms with E-state index < -0.39 is 31.1 Å². The third kappa shape index (κ3) is 3.37. The molecule has 162 valence electrons. The van der Waals surface area contributed by atoms with Crippen molar-refractivity contribution in [2.45, 2.75) is 31.0 Å². The third-order valence-electron chi connectivity index (χ3n) is 5.50. The van der Waals surface area contributed by atoms with Crippen molar-refractivity contribution in [3.05, 3.63) is 42.4 Å². The minimum Gasteiger partial charge on any atom is -0.463 e. The number of hydrogen-bond acceptors (Lipinski definition) is 9. The Morgan fingerprint density at radius 1 is 1.19 bits per heavy atom. The van der Waals surface area contributed by atoms with Crippen LogP contribution in [0.2, 0.25) is 0 Å². The Bertz CT molecular complexity index is 1220. The molecule has 6 N–H and O–H groups in total. The van der Waals surface area contributed by atoms with Crippen molar-refractivity contribution >= 4 is 27.9 Å². The molecule has 11 heteroatoms. The Kier molecular flexibility index (Phi) is 4.94. The number of nitrogen functional groups attached to an aromatic ring is 1. The number of benzene rings is 1. The van der Waals surface area contributed by atoms with E-state index in [1.165, 1.54) is 10.9 Å². The Morgan fingerprint density at radius 3 is 2.84 bits per heavy atom. The van der Waals surface area contributed by atoms with Crippen LogP contribution in [-0.2, 0) is 11.2 Å². The molecule has 4 atom stereocenters. The summed E-state index contributed by atoms with van der Waals surface area (Å²) in [5.41, 5.74) is 8.81. The number of H-pyrrole nitrogens is 1. The lowest BCUT2D eigenvalue weighted by molar-refractivity contribution is -0.0511. The number of aliphatic hydroxyl groups excluding tert-OH is 3. The number of rotatable bonds is 6. The number of hydrogen-bond donors (Lipinski definition) is 5. The summed E-state index contributed by atoms with van der Waals surface area (Å²) in [6.45, 7) is -0.102. The zero-order valence-electron chi connectivity index (χ0n) is 16.4. The van der Waals surface area contributed by atoms with E-state index in [9.17, 15) is 15.3 Å². The van der Waals surface area contributed by atoms with E-state index in [4.69, 9.17) is 15.2 Å². The quantitative estimate of drug-likeness (QED) is 0.288.